The summed E-state index contributed by atoms with van der Waals surface area (Å²) in [6.45, 7) is 0.916. The van der Waals surface area contributed by atoms with Gasteiger partial charge >= 0.3 is 0 Å². The van der Waals surface area contributed by atoms with Gasteiger partial charge in [-0.25, -0.2) is 4.39 Å². The Labute approximate surface area is 159 Å². The van der Waals surface area contributed by atoms with E-state index in [1.807, 2.05) is 12.1 Å². The third-order valence-electron chi connectivity index (χ3n) is 6.63. The van der Waals surface area contributed by atoms with Gasteiger partial charge in [0.25, 0.3) is 0 Å². The van der Waals surface area contributed by atoms with Crippen molar-refractivity contribution in [2.45, 2.75) is 62.7 Å². The lowest BCUT2D eigenvalue weighted by Crippen LogP contribution is -2.36. The summed E-state index contributed by atoms with van der Waals surface area (Å²) in [5.74, 6) is 0.148. The summed E-state index contributed by atoms with van der Waals surface area (Å²) < 4.78 is 14.2. The molecule has 2 bridgehead atoms. The second kappa shape index (κ2) is 6.44. The molecule has 3 fully saturated rings. The van der Waals surface area contributed by atoms with Gasteiger partial charge in [0.2, 0.25) is 0 Å². The van der Waals surface area contributed by atoms with Gasteiger partial charge in [0.05, 0.1) is 5.56 Å². The highest BCUT2D eigenvalue weighted by atomic mass is 19.1. The standard InChI is InChI=1S/C23H24FN3/c24-21-10-16(4-5-17(21)12-25)20-9-14(1-7-19(20)15-2-3-15)13-27-18-6-8-23(27)22(26)11-18/h1,4-5,7,9-10,15,18,22-23H,2-3,6,8,11,13,26H2/t18-,22+,23+/m1/s1. The number of benzene rings is 2. The molecule has 0 spiro atoms. The maximum absolute atomic E-state index is 14.2. The van der Waals surface area contributed by atoms with E-state index in [1.54, 1.807) is 6.07 Å². The van der Waals surface area contributed by atoms with Crippen molar-refractivity contribution in [3.63, 3.8) is 0 Å². The molecule has 27 heavy (non-hydrogen) atoms. The van der Waals surface area contributed by atoms with Crippen molar-refractivity contribution in [1.82, 2.24) is 4.90 Å². The lowest BCUT2D eigenvalue weighted by molar-refractivity contribution is 0.239. The monoisotopic (exact) mass is 361 g/mol. The van der Waals surface area contributed by atoms with E-state index in [9.17, 15) is 4.39 Å². The van der Waals surface area contributed by atoms with E-state index in [0.717, 1.165) is 24.1 Å². The van der Waals surface area contributed by atoms with Gasteiger partial charge in [0.15, 0.2) is 0 Å². The molecular formula is C23H24FN3. The van der Waals surface area contributed by atoms with Crippen molar-refractivity contribution < 1.29 is 4.39 Å². The molecule has 5 rings (SSSR count). The quantitative estimate of drug-likeness (QED) is 0.883. The first kappa shape index (κ1) is 16.9. The number of nitrogens with zero attached hydrogens (tertiary/aromatic N) is 2. The molecule has 0 radical (unpaired) electrons. The zero-order chi connectivity index (χ0) is 18.5. The molecule has 2 aromatic rings. The average Bonchev–Trinajstić information content (AvgIpc) is 3.39. The van der Waals surface area contributed by atoms with Gasteiger partial charge < -0.3 is 5.73 Å². The number of nitriles is 1. The van der Waals surface area contributed by atoms with Crippen LogP contribution in [0, 0.1) is 17.1 Å². The van der Waals surface area contributed by atoms with Gasteiger partial charge in [-0.3, -0.25) is 4.90 Å². The number of hydrogen-bond donors (Lipinski definition) is 1. The van der Waals surface area contributed by atoms with Crippen LogP contribution in [0.2, 0.25) is 0 Å². The van der Waals surface area contributed by atoms with Crippen molar-refractivity contribution in [1.29, 1.82) is 5.26 Å². The molecule has 3 atom stereocenters. The minimum atomic E-state index is -0.439. The highest BCUT2D eigenvalue weighted by Gasteiger charge is 2.44. The number of fused-ring (bicyclic) bond motifs is 2. The first-order chi connectivity index (χ1) is 13.1. The number of nitrogens with two attached hydrogens (primary N) is 1. The van der Waals surface area contributed by atoms with Crippen LogP contribution in [0.1, 0.15) is 54.7 Å². The Balaban J connectivity index is 1.49. The van der Waals surface area contributed by atoms with E-state index >= 15 is 0 Å². The molecule has 2 saturated heterocycles. The Morgan fingerprint density at radius 1 is 1.11 bits per heavy atom. The highest BCUT2D eigenvalue weighted by Crippen LogP contribution is 2.45. The normalized spacial score (nSPS) is 27.1. The van der Waals surface area contributed by atoms with Crippen LogP contribution in [0.5, 0.6) is 0 Å². The van der Waals surface area contributed by atoms with Crippen LogP contribution in [0.4, 0.5) is 4.39 Å². The highest BCUT2D eigenvalue weighted by molar-refractivity contribution is 5.70. The Hall–Kier alpha value is -2.22. The summed E-state index contributed by atoms with van der Waals surface area (Å²) in [5, 5.41) is 9.01. The summed E-state index contributed by atoms with van der Waals surface area (Å²) in [7, 11) is 0. The molecule has 3 aliphatic rings. The largest absolute Gasteiger partial charge is 0.326 e. The lowest BCUT2D eigenvalue weighted by atomic mass is 9.93. The van der Waals surface area contributed by atoms with Crippen LogP contribution in [0.25, 0.3) is 11.1 Å². The van der Waals surface area contributed by atoms with E-state index in [1.165, 1.54) is 42.9 Å². The molecule has 2 heterocycles. The molecule has 0 aromatic heterocycles. The molecule has 2 aromatic carbocycles. The minimum absolute atomic E-state index is 0.102. The second-order valence-corrected chi connectivity index (χ2v) is 8.37. The van der Waals surface area contributed by atoms with E-state index in [4.69, 9.17) is 11.0 Å². The Morgan fingerprint density at radius 2 is 1.96 bits per heavy atom. The molecule has 2 aliphatic heterocycles. The molecule has 1 saturated carbocycles. The van der Waals surface area contributed by atoms with Gasteiger partial charge in [-0.1, -0.05) is 18.2 Å². The van der Waals surface area contributed by atoms with Crippen LogP contribution < -0.4 is 5.73 Å². The zero-order valence-electron chi connectivity index (χ0n) is 15.4. The summed E-state index contributed by atoms with van der Waals surface area (Å²) in [6, 6.07) is 15.0. The van der Waals surface area contributed by atoms with E-state index in [-0.39, 0.29) is 5.56 Å². The van der Waals surface area contributed by atoms with Crippen LogP contribution in [-0.4, -0.2) is 23.0 Å². The lowest BCUT2D eigenvalue weighted by Gasteiger charge is -2.23. The minimum Gasteiger partial charge on any atom is -0.326 e. The maximum atomic E-state index is 14.2. The molecular weight excluding hydrogens is 337 g/mol. The topological polar surface area (TPSA) is 53.0 Å². The predicted octanol–water partition coefficient (Wildman–Crippen LogP) is 4.31. The van der Waals surface area contributed by atoms with Gasteiger partial charge in [-0.2, -0.15) is 5.26 Å². The second-order valence-electron chi connectivity index (χ2n) is 8.37. The number of halogens is 1. The molecule has 4 heteroatoms. The van der Waals surface area contributed by atoms with Gasteiger partial charge in [-0.05, 0) is 78.5 Å². The fourth-order valence-electron chi connectivity index (χ4n) is 5.08. The summed E-state index contributed by atoms with van der Waals surface area (Å²) in [6.07, 6.45) is 5.98. The fraction of sp³-hybridized carbons (Fsp3) is 0.435. The molecule has 138 valence electrons. The van der Waals surface area contributed by atoms with Crippen LogP contribution >= 0.6 is 0 Å². The third kappa shape index (κ3) is 2.96. The smallest absolute Gasteiger partial charge is 0.141 e. The van der Waals surface area contributed by atoms with E-state index < -0.39 is 5.82 Å². The summed E-state index contributed by atoms with van der Waals surface area (Å²) in [4.78, 5) is 2.57. The molecule has 2 N–H and O–H groups in total. The van der Waals surface area contributed by atoms with Crippen LogP contribution in [-0.2, 0) is 6.54 Å². The van der Waals surface area contributed by atoms with Crippen LogP contribution in [0.3, 0.4) is 0 Å². The first-order valence-electron chi connectivity index (χ1n) is 9.98. The average molecular weight is 361 g/mol. The number of rotatable bonds is 4. The maximum Gasteiger partial charge on any atom is 0.141 e. The van der Waals surface area contributed by atoms with Crippen molar-refractivity contribution in [2.24, 2.45) is 5.73 Å². The van der Waals surface area contributed by atoms with Crippen molar-refractivity contribution >= 4 is 0 Å². The van der Waals surface area contributed by atoms with Gasteiger partial charge in [-0.15, -0.1) is 0 Å². The van der Waals surface area contributed by atoms with Crippen molar-refractivity contribution in [2.75, 3.05) is 0 Å². The summed E-state index contributed by atoms with van der Waals surface area (Å²) in [5.41, 5.74) is 11.0. The zero-order valence-corrected chi connectivity index (χ0v) is 15.4. The molecule has 3 nitrogen and oxygen atoms in total. The van der Waals surface area contributed by atoms with Gasteiger partial charge in [0.1, 0.15) is 11.9 Å². The molecule has 0 unspecified atom stereocenters. The Kier molecular flexibility index (Phi) is 4.03. The molecule has 1 aliphatic carbocycles. The summed E-state index contributed by atoms with van der Waals surface area (Å²) >= 11 is 0. The van der Waals surface area contributed by atoms with Crippen LogP contribution in [0.15, 0.2) is 36.4 Å². The SMILES string of the molecule is N#Cc1ccc(-c2cc(CN3[C@@H]4CC[C@H]3[C@@H](N)C4)ccc2C2CC2)cc1F. The third-order valence-corrected chi connectivity index (χ3v) is 6.63. The Bertz CT molecular complexity index is 928. The molecule has 0 amide bonds. The van der Waals surface area contributed by atoms with E-state index in [0.29, 0.717) is 24.0 Å². The van der Waals surface area contributed by atoms with Crippen molar-refractivity contribution in [3.05, 3.63) is 58.9 Å². The predicted molar refractivity (Wildman–Crippen MR) is 103 cm³/mol. The van der Waals surface area contributed by atoms with E-state index in [2.05, 4.69) is 23.1 Å². The Morgan fingerprint density at radius 3 is 2.59 bits per heavy atom. The number of hydrogen-bond acceptors (Lipinski definition) is 3. The fourth-order valence-corrected chi connectivity index (χ4v) is 5.08. The van der Waals surface area contributed by atoms with Gasteiger partial charge in [0, 0.05) is 24.7 Å². The van der Waals surface area contributed by atoms with Crippen molar-refractivity contribution in [3.8, 4) is 17.2 Å². The first-order valence-corrected chi connectivity index (χ1v) is 9.98.